The van der Waals surface area contributed by atoms with Crippen LogP contribution in [0.1, 0.15) is 108 Å². The molecule has 0 N–H and O–H groups in total. The smallest absolute Gasteiger partial charge is 0.348 e. The van der Waals surface area contributed by atoms with E-state index in [-0.39, 0.29) is 11.8 Å². The van der Waals surface area contributed by atoms with Gasteiger partial charge in [0.2, 0.25) is 0 Å². The van der Waals surface area contributed by atoms with Crippen molar-refractivity contribution in [1.82, 2.24) is 0 Å². The Kier molecular flexibility index (Phi) is 14.1. The maximum atomic E-state index is 13.3. The number of unbranched alkanes of at least 4 members (excludes halogenated alkanes) is 9. The fourth-order valence-electron chi connectivity index (χ4n) is 3.60. The summed E-state index contributed by atoms with van der Waals surface area (Å²) in [7, 11) is -1.44. The van der Waals surface area contributed by atoms with E-state index in [1.165, 1.54) is 69.9 Å². The molecule has 0 saturated heterocycles. The first-order valence-corrected chi connectivity index (χ1v) is 13.9. The molecule has 2 nitrogen and oxygen atoms in total. The van der Waals surface area contributed by atoms with E-state index in [4.69, 9.17) is 4.18 Å². The predicted molar refractivity (Wildman–Crippen MR) is 126 cm³/mol. The summed E-state index contributed by atoms with van der Waals surface area (Å²) in [4.78, 5) is 12.9. The molecule has 1 rings (SSSR count). The second kappa shape index (κ2) is 15.8. The number of hydrogen-bond donors (Lipinski definition) is 0. The molecule has 4 heteroatoms. The molecule has 0 heterocycles. The summed E-state index contributed by atoms with van der Waals surface area (Å²) in [6, 6.07) is 5.79. The molecule has 0 amide bonds. The molecule has 0 radical (unpaired) electrons. The van der Waals surface area contributed by atoms with Crippen molar-refractivity contribution in [1.29, 1.82) is 0 Å². The van der Waals surface area contributed by atoms with E-state index in [1.807, 2.05) is 0 Å². The standard InChI is InChI=1S/C25H43FO2S/c1-4-7-10-13-20-29(21-14-11-8-5-2,22-15-12-9-6-3)28-25(27)23-16-18-24(26)19-17-23/h16-19H,4-15,20-22H2,1-3H3. The van der Waals surface area contributed by atoms with Gasteiger partial charge >= 0.3 is 5.97 Å². The zero-order chi connectivity index (χ0) is 21.4. The van der Waals surface area contributed by atoms with Crippen LogP contribution in [0.25, 0.3) is 0 Å². The van der Waals surface area contributed by atoms with E-state index < -0.39 is 10.3 Å². The van der Waals surface area contributed by atoms with Crippen molar-refractivity contribution in [2.24, 2.45) is 0 Å². The molecule has 0 spiro atoms. The van der Waals surface area contributed by atoms with E-state index >= 15 is 0 Å². The minimum absolute atomic E-state index is 0.263. The van der Waals surface area contributed by atoms with Gasteiger partial charge < -0.3 is 4.18 Å². The summed E-state index contributed by atoms with van der Waals surface area (Å²) < 4.78 is 19.6. The highest BCUT2D eigenvalue weighted by Crippen LogP contribution is 2.52. The lowest BCUT2D eigenvalue weighted by Crippen LogP contribution is -2.21. The third-order valence-corrected chi connectivity index (χ3v) is 9.05. The van der Waals surface area contributed by atoms with E-state index in [0.29, 0.717) is 5.56 Å². The normalized spacial score (nSPS) is 12.1. The molecular weight excluding hydrogens is 383 g/mol. The number of halogens is 1. The predicted octanol–water partition coefficient (Wildman–Crippen LogP) is 8.44. The van der Waals surface area contributed by atoms with Crippen molar-refractivity contribution < 1.29 is 13.4 Å². The van der Waals surface area contributed by atoms with Crippen LogP contribution in [-0.4, -0.2) is 23.2 Å². The quantitative estimate of drug-likeness (QED) is 0.234. The van der Waals surface area contributed by atoms with E-state index in [1.54, 1.807) is 12.1 Å². The van der Waals surface area contributed by atoms with Gasteiger partial charge in [0, 0.05) is 17.3 Å². The largest absolute Gasteiger partial charge is 0.412 e. The highest BCUT2D eigenvalue weighted by atomic mass is 32.3. The van der Waals surface area contributed by atoms with Crippen LogP contribution in [-0.2, 0) is 4.18 Å². The first kappa shape index (κ1) is 26.0. The fourth-order valence-corrected chi connectivity index (χ4v) is 7.07. The van der Waals surface area contributed by atoms with Crippen molar-refractivity contribution >= 4 is 16.3 Å². The molecule has 0 atom stereocenters. The average molecular weight is 427 g/mol. The molecule has 1 aromatic carbocycles. The Balaban J connectivity index is 2.89. The van der Waals surface area contributed by atoms with Gasteiger partial charge in [-0.1, -0.05) is 88.9 Å². The van der Waals surface area contributed by atoms with Crippen molar-refractivity contribution in [3.63, 3.8) is 0 Å². The van der Waals surface area contributed by atoms with Crippen molar-refractivity contribution in [2.45, 2.75) is 97.8 Å². The van der Waals surface area contributed by atoms with Crippen LogP contribution >= 0.6 is 10.3 Å². The number of hydrogen-bond acceptors (Lipinski definition) is 2. The molecule has 0 unspecified atom stereocenters. The number of rotatable bonds is 17. The Morgan fingerprint density at radius 3 is 1.52 bits per heavy atom. The highest BCUT2D eigenvalue weighted by Gasteiger charge is 2.28. The van der Waals surface area contributed by atoms with Crippen LogP contribution in [0.3, 0.4) is 0 Å². The molecule has 0 aliphatic carbocycles. The fraction of sp³-hybridized carbons (Fsp3) is 0.720. The Morgan fingerprint density at radius 1 is 0.724 bits per heavy atom. The van der Waals surface area contributed by atoms with E-state index in [9.17, 15) is 9.18 Å². The van der Waals surface area contributed by atoms with Gasteiger partial charge in [-0.05, 0) is 43.5 Å². The van der Waals surface area contributed by atoms with E-state index in [2.05, 4.69) is 20.8 Å². The summed E-state index contributed by atoms with van der Waals surface area (Å²) in [5, 5.41) is 0. The van der Waals surface area contributed by atoms with Crippen molar-refractivity contribution in [3.8, 4) is 0 Å². The van der Waals surface area contributed by atoms with Gasteiger partial charge in [0.25, 0.3) is 0 Å². The topological polar surface area (TPSA) is 26.3 Å². The molecule has 0 saturated carbocycles. The van der Waals surface area contributed by atoms with Crippen molar-refractivity contribution in [3.05, 3.63) is 35.6 Å². The van der Waals surface area contributed by atoms with Gasteiger partial charge in [-0.3, -0.25) is 0 Å². The molecule has 0 aliphatic heterocycles. The molecule has 0 bridgehead atoms. The first-order valence-electron chi connectivity index (χ1n) is 11.8. The van der Waals surface area contributed by atoms with Gasteiger partial charge in [0.05, 0.1) is 5.56 Å². The van der Waals surface area contributed by atoms with Gasteiger partial charge in [-0.2, -0.15) is 0 Å². The molecule has 0 aromatic heterocycles. The van der Waals surface area contributed by atoms with E-state index in [0.717, 1.165) is 36.5 Å². The Bertz CT molecular complexity index is 513. The third-order valence-electron chi connectivity index (χ3n) is 5.44. The second-order valence-corrected chi connectivity index (χ2v) is 11.5. The van der Waals surface area contributed by atoms with Crippen LogP contribution in [0.15, 0.2) is 24.3 Å². The SMILES string of the molecule is CCCCCCS(CCCCCC)(CCCCCC)OC(=O)c1ccc(F)cc1. The molecule has 29 heavy (non-hydrogen) atoms. The number of carbonyl (C=O) groups excluding carboxylic acids is 1. The zero-order valence-electron chi connectivity index (χ0n) is 19.0. The van der Waals surface area contributed by atoms with Gasteiger partial charge in [-0.15, -0.1) is 0 Å². The maximum absolute atomic E-state index is 13.3. The van der Waals surface area contributed by atoms with Crippen LogP contribution in [0.5, 0.6) is 0 Å². The molecule has 168 valence electrons. The Labute approximate surface area is 180 Å². The number of benzene rings is 1. The molecule has 0 aliphatic rings. The van der Waals surface area contributed by atoms with Crippen LogP contribution in [0, 0.1) is 5.82 Å². The second-order valence-electron chi connectivity index (χ2n) is 8.14. The Hall–Kier alpha value is -1.03. The highest BCUT2D eigenvalue weighted by molar-refractivity contribution is 8.30. The third kappa shape index (κ3) is 11.1. The van der Waals surface area contributed by atoms with Crippen LogP contribution in [0.2, 0.25) is 0 Å². The van der Waals surface area contributed by atoms with Gasteiger partial charge in [0.15, 0.2) is 0 Å². The minimum atomic E-state index is -1.44. The molecular formula is C25H43FO2S. The van der Waals surface area contributed by atoms with Crippen LogP contribution < -0.4 is 0 Å². The average Bonchev–Trinajstić information content (AvgIpc) is 2.72. The zero-order valence-corrected chi connectivity index (χ0v) is 19.8. The summed E-state index contributed by atoms with van der Waals surface area (Å²) in [6.07, 6.45) is 14.4. The molecule has 0 fully saturated rings. The summed E-state index contributed by atoms with van der Waals surface area (Å²) in [5.74, 6) is 2.49. The first-order chi connectivity index (χ1) is 14.1. The van der Waals surface area contributed by atoms with Crippen LogP contribution in [0.4, 0.5) is 4.39 Å². The summed E-state index contributed by atoms with van der Waals surface area (Å²) >= 11 is 0. The molecule has 1 aromatic rings. The van der Waals surface area contributed by atoms with Gasteiger partial charge in [0.1, 0.15) is 5.82 Å². The van der Waals surface area contributed by atoms with Gasteiger partial charge in [-0.25, -0.2) is 9.18 Å². The Morgan fingerprint density at radius 2 is 1.14 bits per heavy atom. The summed E-state index contributed by atoms with van der Waals surface area (Å²) in [5.41, 5.74) is 0.471. The number of carbonyl (C=O) groups is 1. The monoisotopic (exact) mass is 426 g/mol. The summed E-state index contributed by atoms with van der Waals surface area (Å²) in [6.45, 7) is 6.68. The lowest BCUT2D eigenvalue weighted by Gasteiger charge is -2.39. The lowest BCUT2D eigenvalue weighted by molar-refractivity contribution is 0.0757. The minimum Gasteiger partial charge on any atom is -0.412 e. The lowest BCUT2D eigenvalue weighted by atomic mass is 10.2. The van der Waals surface area contributed by atoms with Crippen molar-refractivity contribution in [2.75, 3.05) is 17.3 Å². The maximum Gasteiger partial charge on any atom is 0.348 e.